The zero-order chi connectivity index (χ0) is 4.62. The van der Waals surface area contributed by atoms with Gasteiger partial charge in [-0.25, -0.2) is 0 Å². The van der Waals surface area contributed by atoms with Gasteiger partial charge in [0.2, 0.25) is 0 Å². The molecule has 0 amide bonds. The molecule has 0 radical (unpaired) electrons. The number of hydrogen-bond donors (Lipinski definition) is 1. The molecule has 1 rings (SSSR count). The molecule has 1 N–H and O–H groups in total. The maximum absolute atomic E-state index is 9.83. The number of nitrogens with one attached hydrogen (secondary N) is 1. The van der Waals surface area contributed by atoms with Gasteiger partial charge >= 0.3 is 0 Å². The third-order valence-corrected chi connectivity index (χ3v) is 0.995. The molecule has 0 unspecified atom stereocenters. The summed E-state index contributed by atoms with van der Waals surface area (Å²) >= 11 is 0. The van der Waals surface area contributed by atoms with Crippen molar-refractivity contribution < 1.29 is 4.79 Å². The Morgan fingerprint density at radius 3 is 2.50 bits per heavy atom. The number of carbonyl (C=O) groups is 1. The van der Waals surface area contributed by atoms with E-state index in [9.17, 15) is 4.79 Å². The highest BCUT2D eigenvalue weighted by Crippen LogP contribution is 2.09. The van der Waals surface area contributed by atoms with Crippen LogP contribution in [0.25, 0.3) is 0 Å². The Hall–Kier alpha value is -0.370. The molecule has 2 heteroatoms. The summed E-state index contributed by atoms with van der Waals surface area (Å²) in [5, 5.41) is 2.89. The molecule has 1 fully saturated rings. The van der Waals surface area contributed by atoms with Gasteiger partial charge in [0, 0.05) is 6.54 Å². The smallest absolute Gasteiger partial charge is 0.141 e. The van der Waals surface area contributed by atoms with E-state index in [4.69, 9.17) is 0 Å². The van der Waals surface area contributed by atoms with Crippen LogP contribution in [0.2, 0.25) is 0 Å². The second-order valence-corrected chi connectivity index (χ2v) is 1.89. The van der Waals surface area contributed by atoms with Crippen molar-refractivity contribution in [3.05, 3.63) is 0 Å². The molecule has 1 heterocycles. The lowest BCUT2D eigenvalue weighted by molar-refractivity contribution is -0.109. The average molecular weight is 85.1 g/mol. The van der Waals surface area contributed by atoms with Crippen LogP contribution in [0.1, 0.15) is 6.92 Å². The highest BCUT2D eigenvalue weighted by atomic mass is 16.1. The summed E-state index contributed by atoms with van der Waals surface area (Å²) < 4.78 is 0. The second-order valence-electron chi connectivity index (χ2n) is 1.89. The van der Waals surface area contributed by atoms with Crippen LogP contribution in [0, 0.1) is 0 Å². The Balaban J connectivity index is 2.47. The number of carbonyl (C=O) groups excluding carboxylic acids is 1. The average Bonchev–Trinajstić information content (AvgIpc) is 2.22. The topological polar surface area (TPSA) is 39.0 Å². The second kappa shape index (κ2) is 0.819. The molecule has 0 saturated carbocycles. The number of aldehydes is 1. The lowest BCUT2D eigenvalue weighted by Crippen LogP contribution is -2.09. The Bertz CT molecular complexity index is 75.6. The molecule has 2 nitrogen and oxygen atoms in total. The van der Waals surface area contributed by atoms with Crippen LogP contribution in [0.3, 0.4) is 0 Å². The van der Waals surface area contributed by atoms with E-state index in [1.807, 2.05) is 6.92 Å². The van der Waals surface area contributed by atoms with Crippen molar-refractivity contribution in [2.24, 2.45) is 0 Å². The van der Waals surface area contributed by atoms with E-state index in [2.05, 4.69) is 5.32 Å². The predicted octanol–water partition coefficient (Wildman–Crippen LogP) is -0.453. The zero-order valence-corrected chi connectivity index (χ0v) is 3.69. The van der Waals surface area contributed by atoms with E-state index in [-0.39, 0.29) is 5.54 Å². The van der Waals surface area contributed by atoms with Crippen LogP contribution in [0.5, 0.6) is 0 Å². The van der Waals surface area contributed by atoms with Gasteiger partial charge in [0.25, 0.3) is 0 Å². The summed E-state index contributed by atoms with van der Waals surface area (Å²) in [5.74, 6) is 0. The van der Waals surface area contributed by atoms with Crippen LogP contribution in [-0.2, 0) is 4.79 Å². The van der Waals surface area contributed by atoms with Crippen molar-refractivity contribution >= 4 is 6.29 Å². The van der Waals surface area contributed by atoms with Crippen molar-refractivity contribution in [2.45, 2.75) is 12.5 Å². The van der Waals surface area contributed by atoms with Crippen molar-refractivity contribution in [2.75, 3.05) is 6.54 Å². The van der Waals surface area contributed by atoms with E-state index in [0.29, 0.717) is 0 Å². The molecule has 0 aliphatic carbocycles. The third-order valence-electron chi connectivity index (χ3n) is 0.995. The molecule has 0 aromatic carbocycles. The van der Waals surface area contributed by atoms with E-state index in [1.54, 1.807) is 0 Å². The first-order valence-electron chi connectivity index (χ1n) is 1.98. The third kappa shape index (κ3) is 0.431. The van der Waals surface area contributed by atoms with Gasteiger partial charge in [-0.2, -0.15) is 0 Å². The minimum Gasteiger partial charge on any atom is -0.302 e. The number of hydrogen-bond acceptors (Lipinski definition) is 2. The van der Waals surface area contributed by atoms with Crippen molar-refractivity contribution in [3.63, 3.8) is 0 Å². The zero-order valence-electron chi connectivity index (χ0n) is 3.69. The Kier molecular flexibility index (Phi) is 0.520. The maximum Gasteiger partial charge on any atom is 0.141 e. The first-order valence-corrected chi connectivity index (χ1v) is 1.98. The van der Waals surface area contributed by atoms with Crippen LogP contribution in [0.15, 0.2) is 0 Å². The standard InChI is InChI=1S/C4H7NO/c1-4(3-6)2-5-4/h3,5H,2H2,1H3/t4-/m0/s1. The van der Waals surface area contributed by atoms with Gasteiger partial charge in [-0.1, -0.05) is 0 Å². The summed E-state index contributed by atoms with van der Waals surface area (Å²) in [7, 11) is 0. The maximum atomic E-state index is 9.83. The lowest BCUT2D eigenvalue weighted by atomic mass is 10.2. The van der Waals surface area contributed by atoms with Gasteiger partial charge in [0.15, 0.2) is 0 Å². The monoisotopic (exact) mass is 85.1 g/mol. The Morgan fingerprint density at radius 1 is 2.00 bits per heavy atom. The van der Waals surface area contributed by atoms with Crippen molar-refractivity contribution in [1.29, 1.82) is 0 Å². The van der Waals surface area contributed by atoms with Gasteiger partial charge in [-0.05, 0) is 6.92 Å². The Labute approximate surface area is 36.5 Å². The summed E-state index contributed by atoms with van der Waals surface area (Å²) in [6.45, 7) is 2.73. The molecule has 1 aliphatic heterocycles. The molecule has 0 aromatic rings. The van der Waals surface area contributed by atoms with Crippen molar-refractivity contribution in [1.82, 2.24) is 5.32 Å². The van der Waals surface area contributed by atoms with Gasteiger partial charge < -0.3 is 10.1 Å². The molecule has 6 heavy (non-hydrogen) atoms. The predicted molar refractivity (Wildman–Crippen MR) is 22.5 cm³/mol. The first-order chi connectivity index (χ1) is 2.77. The number of rotatable bonds is 1. The minimum absolute atomic E-state index is 0.139. The largest absolute Gasteiger partial charge is 0.302 e. The highest BCUT2D eigenvalue weighted by Gasteiger charge is 2.35. The normalized spacial score (nSPS) is 42.2. The molecule has 1 atom stereocenters. The van der Waals surface area contributed by atoms with Crippen molar-refractivity contribution in [3.8, 4) is 0 Å². The quantitative estimate of drug-likeness (QED) is 0.346. The van der Waals surface area contributed by atoms with E-state index < -0.39 is 0 Å². The molecular weight excluding hydrogens is 78.1 g/mol. The van der Waals surface area contributed by atoms with Gasteiger partial charge in [-0.3, -0.25) is 0 Å². The van der Waals surface area contributed by atoms with Crippen LogP contribution in [0.4, 0.5) is 0 Å². The van der Waals surface area contributed by atoms with E-state index in [1.165, 1.54) is 0 Å². The van der Waals surface area contributed by atoms with Crippen LogP contribution in [-0.4, -0.2) is 18.4 Å². The lowest BCUT2D eigenvalue weighted by Gasteiger charge is -1.83. The SMILES string of the molecule is C[C@@]1(C=O)CN1. The molecule has 0 spiro atoms. The van der Waals surface area contributed by atoms with Gasteiger partial charge in [-0.15, -0.1) is 0 Å². The summed E-state index contributed by atoms with van der Waals surface area (Å²) in [6.07, 6.45) is 0.938. The summed E-state index contributed by atoms with van der Waals surface area (Å²) in [6, 6.07) is 0. The fourth-order valence-electron chi connectivity index (χ4n) is 0.223. The Morgan fingerprint density at radius 2 is 2.50 bits per heavy atom. The van der Waals surface area contributed by atoms with Gasteiger partial charge in [0.1, 0.15) is 6.29 Å². The van der Waals surface area contributed by atoms with Crippen LogP contribution < -0.4 is 5.32 Å². The van der Waals surface area contributed by atoms with Crippen LogP contribution >= 0.6 is 0 Å². The molecule has 1 saturated heterocycles. The van der Waals surface area contributed by atoms with Gasteiger partial charge in [0.05, 0.1) is 5.54 Å². The minimum atomic E-state index is -0.139. The highest BCUT2D eigenvalue weighted by molar-refractivity contribution is 5.68. The summed E-state index contributed by atoms with van der Waals surface area (Å²) in [4.78, 5) is 9.83. The molecule has 0 aromatic heterocycles. The molecule has 34 valence electrons. The fraction of sp³-hybridized carbons (Fsp3) is 0.750. The first kappa shape index (κ1) is 3.81. The molecule has 1 aliphatic rings. The summed E-state index contributed by atoms with van der Waals surface area (Å²) in [5.41, 5.74) is -0.139. The molecule has 0 bridgehead atoms. The fourth-order valence-corrected chi connectivity index (χ4v) is 0.223. The van der Waals surface area contributed by atoms with E-state index in [0.717, 1.165) is 12.8 Å². The molecular formula is C4H7NO. The van der Waals surface area contributed by atoms with E-state index >= 15 is 0 Å².